The second-order valence-corrected chi connectivity index (χ2v) is 7.60. The van der Waals surface area contributed by atoms with Gasteiger partial charge in [0.15, 0.2) is 0 Å². The van der Waals surface area contributed by atoms with Gasteiger partial charge < -0.3 is 24.5 Å². The van der Waals surface area contributed by atoms with Crippen molar-refractivity contribution in [2.24, 2.45) is 0 Å². The predicted molar refractivity (Wildman–Crippen MR) is 135 cm³/mol. The van der Waals surface area contributed by atoms with E-state index < -0.39 is 11.6 Å². The Morgan fingerprint density at radius 1 is 0.917 bits per heavy atom. The molecular weight excluding hydrogens is 462 g/mol. The highest BCUT2D eigenvalue weighted by Crippen LogP contribution is 2.29. The van der Waals surface area contributed by atoms with Crippen LogP contribution in [-0.2, 0) is 9.53 Å². The molecule has 5 rings (SSSR count). The molecule has 0 amide bonds. The highest BCUT2D eigenvalue weighted by atomic mass is 16.5. The maximum atomic E-state index is 12.1. The van der Waals surface area contributed by atoms with Crippen molar-refractivity contribution in [3.8, 4) is 11.8 Å². The van der Waals surface area contributed by atoms with Crippen LogP contribution in [0.2, 0.25) is 0 Å². The summed E-state index contributed by atoms with van der Waals surface area (Å²) in [6.45, 7) is 1.83. The number of nitrogens with one attached hydrogen (secondary N) is 2. The van der Waals surface area contributed by atoms with Gasteiger partial charge in [-0.1, -0.05) is 48.5 Å². The van der Waals surface area contributed by atoms with Gasteiger partial charge in [0, 0.05) is 11.1 Å². The van der Waals surface area contributed by atoms with Gasteiger partial charge >= 0.3 is 17.6 Å². The molecule has 0 aliphatic carbocycles. The lowest BCUT2D eigenvalue weighted by molar-refractivity contribution is -0.140. The van der Waals surface area contributed by atoms with Gasteiger partial charge in [0.25, 0.3) is 0 Å². The van der Waals surface area contributed by atoms with Crippen LogP contribution in [0, 0.1) is 0 Å². The number of carbonyl (C=O) groups excluding carboxylic acids is 1. The van der Waals surface area contributed by atoms with E-state index in [1.165, 1.54) is 6.07 Å². The lowest BCUT2D eigenvalue weighted by Gasteiger charge is -2.12. The standard InChI is InChI=1S/C26H21N5O5/c1-2-34-23(33)15-27-24-29-25(28-19-12-7-9-16-8-3-4-10-17(16)19)31-26(30-24)36-21-14-22(32)35-20-13-6-5-11-18(20)21/h3-14H,2,15H2,1H3,(H2,27,28,29,30,31). The Hall–Kier alpha value is -4.99. The van der Waals surface area contributed by atoms with Gasteiger partial charge in [-0.3, -0.25) is 4.79 Å². The minimum Gasteiger partial charge on any atom is -0.465 e. The number of esters is 1. The van der Waals surface area contributed by atoms with Crippen molar-refractivity contribution in [3.05, 3.63) is 83.2 Å². The monoisotopic (exact) mass is 483 g/mol. The average Bonchev–Trinajstić information content (AvgIpc) is 2.88. The van der Waals surface area contributed by atoms with Gasteiger partial charge in [-0.2, -0.15) is 15.0 Å². The molecule has 2 aromatic heterocycles. The van der Waals surface area contributed by atoms with Crippen molar-refractivity contribution < 1.29 is 18.7 Å². The Balaban J connectivity index is 1.52. The van der Waals surface area contributed by atoms with E-state index in [0.717, 1.165) is 16.5 Å². The molecule has 0 saturated carbocycles. The number of carbonyl (C=O) groups is 1. The fourth-order valence-electron chi connectivity index (χ4n) is 3.62. The number of anilines is 3. The molecule has 0 spiro atoms. The van der Waals surface area contributed by atoms with E-state index in [-0.39, 0.29) is 36.8 Å². The topological polar surface area (TPSA) is 128 Å². The molecule has 2 heterocycles. The summed E-state index contributed by atoms with van der Waals surface area (Å²) in [6, 6.07) is 21.8. The molecule has 10 nitrogen and oxygen atoms in total. The minimum absolute atomic E-state index is 0.0862. The summed E-state index contributed by atoms with van der Waals surface area (Å²) in [4.78, 5) is 36.9. The Morgan fingerprint density at radius 3 is 2.53 bits per heavy atom. The van der Waals surface area contributed by atoms with E-state index in [9.17, 15) is 9.59 Å². The molecule has 180 valence electrons. The summed E-state index contributed by atoms with van der Waals surface area (Å²) >= 11 is 0. The second-order valence-electron chi connectivity index (χ2n) is 7.60. The number of hydrogen-bond donors (Lipinski definition) is 2. The number of para-hydroxylation sites is 1. The average molecular weight is 483 g/mol. The normalized spacial score (nSPS) is 10.8. The van der Waals surface area contributed by atoms with E-state index >= 15 is 0 Å². The molecule has 0 unspecified atom stereocenters. The smallest absolute Gasteiger partial charge is 0.339 e. The maximum absolute atomic E-state index is 12.1. The second kappa shape index (κ2) is 10.1. The van der Waals surface area contributed by atoms with Crippen molar-refractivity contribution >= 4 is 45.3 Å². The van der Waals surface area contributed by atoms with Gasteiger partial charge in [0.2, 0.25) is 11.9 Å². The first-order valence-electron chi connectivity index (χ1n) is 11.2. The fourth-order valence-corrected chi connectivity index (χ4v) is 3.62. The summed E-state index contributed by atoms with van der Waals surface area (Å²) in [7, 11) is 0. The largest absolute Gasteiger partial charge is 0.465 e. The first kappa shape index (κ1) is 22.8. The third-order valence-electron chi connectivity index (χ3n) is 5.16. The van der Waals surface area contributed by atoms with Crippen LogP contribution in [0.4, 0.5) is 17.6 Å². The Kier molecular flexibility index (Phi) is 6.39. The summed E-state index contributed by atoms with van der Waals surface area (Å²) in [5.74, 6) is 0.0224. The zero-order chi connectivity index (χ0) is 24.9. The first-order valence-corrected chi connectivity index (χ1v) is 11.2. The summed E-state index contributed by atoms with van der Waals surface area (Å²) < 4.78 is 16.1. The molecule has 0 saturated heterocycles. The Bertz CT molecular complexity index is 1610. The number of hydrogen-bond acceptors (Lipinski definition) is 10. The lowest BCUT2D eigenvalue weighted by Crippen LogP contribution is -2.18. The van der Waals surface area contributed by atoms with E-state index in [1.54, 1.807) is 31.2 Å². The van der Waals surface area contributed by atoms with Crippen molar-refractivity contribution in [2.45, 2.75) is 6.92 Å². The van der Waals surface area contributed by atoms with E-state index in [4.69, 9.17) is 13.9 Å². The molecule has 0 atom stereocenters. The quantitative estimate of drug-likeness (QED) is 0.238. The summed E-state index contributed by atoms with van der Waals surface area (Å²) in [5.41, 5.74) is 0.559. The summed E-state index contributed by atoms with van der Waals surface area (Å²) in [5, 5.41) is 8.60. The van der Waals surface area contributed by atoms with Crippen LogP contribution in [0.5, 0.6) is 11.8 Å². The van der Waals surface area contributed by atoms with Crippen molar-refractivity contribution in [2.75, 3.05) is 23.8 Å². The zero-order valence-electron chi connectivity index (χ0n) is 19.2. The molecular formula is C26H21N5O5. The van der Waals surface area contributed by atoms with Gasteiger partial charge in [0.05, 0.1) is 18.1 Å². The van der Waals surface area contributed by atoms with Crippen LogP contribution in [-0.4, -0.2) is 34.1 Å². The number of nitrogens with zero attached hydrogens (tertiary/aromatic N) is 3. The third-order valence-corrected chi connectivity index (χ3v) is 5.16. The van der Waals surface area contributed by atoms with Gasteiger partial charge in [0.1, 0.15) is 17.9 Å². The van der Waals surface area contributed by atoms with Gasteiger partial charge in [-0.05, 0) is 30.5 Å². The van der Waals surface area contributed by atoms with Gasteiger partial charge in [-0.25, -0.2) is 4.79 Å². The highest BCUT2D eigenvalue weighted by Gasteiger charge is 2.14. The number of ether oxygens (including phenoxy) is 2. The van der Waals surface area contributed by atoms with Crippen molar-refractivity contribution in [3.63, 3.8) is 0 Å². The molecule has 10 heteroatoms. The number of rotatable bonds is 8. The van der Waals surface area contributed by atoms with Crippen LogP contribution in [0.3, 0.4) is 0 Å². The Labute approximate surface area is 204 Å². The summed E-state index contributed by atoms with van der Waals surface area (Å²) in [6.07, 6.45) is 0. The molecule has 0 bridgehead atoms. The number of aromatic nitrogens is 3. The molecule has 0 aliphatic heterocycles. The number of benzene rings is 3. The zero-order valence-corrected chi connectivity index (χ0v) is 19.2. The van der Waals surface area contributed by atoms with Crippen LogP contribution in [0.1, 0.15) is 6.92 Å². The van der Waals surface area contributed by atoms with Crippen molar-refractivity contribution in [1.29, 1.82) is 0 Å². The van der Waals surface area contributed by atoms with Gasteiger partial charge in [-0.15, -0.1) is 0 Å². The van der Waals surface area contributed by atoms with Crippen LogP contribution >= 0.6 is 0 Å². The minimum atomic E-state index is -0.576. The molecule has 2 N–H and O–H groups in total. The molecule has 36 heavy (non-hydrogen) atoms. The third kappa shape index (κ3) is 5.07. The predicted octanol–water partition coefficient (Wildman–Crippen LogP) is 4.64. The molecule has 5 aromatic rings. The van der Waals surface area contributed by atoms with E-state index in [0.29, 0.717) is 11.0 Å². The van der Waals surface area contributed by atoms with Crippen LogP contribution in [0.25, 0.3) is 21.7 Å². The van der Waals surface area contributed by atoms with Crippen LogP contribution < -0.4 is 21.0 Å². The molecule has 0 aliphatic rings. The van der Waals surface area contributed by atoms with Crippen molar-refractivity contribution in [1.82, 2.24) is 15.0 Å². The molecule has 3 aromatic carbocycles. The SMILES string of the molecule is CCOC(=O)CNc1nc(Nc2cccc3ccccc23)nc(Oc2cc(=O)oc3ccccc23)n1. The maximum Gasteiger partial charge on any atom is 0.339 e. The number of fused-ring (bicyclic) bond motifs is 2. The van der Waals surface area contributed by atoms with Crippen LogP contribution in [0.15, 0.2) is 82.0 Å². The Morgan fingerprint density at radius 2 is 1.67 bits per heavy atom. The lowest BCUT2D eigenvalue weighted by atomic mass is 10.1. The van der Waals surface area contributed by atoms with E-state index in [2.05, 4.69) is 25.6 Å². The highest BCUT2D eigenvalue weighted by molar-refractivity contribution is 5.95. The fraction of sp³-hybridized carbons (Fsp3) is 0.115. The molecule has 0 fully saturated rings. The van der Waals surface area contributed by atoms with E-state index in [1.807, 2.05) is 42.5 Å². The first-order chi connectivity index (χ1) is 17.6. The molecule has 0 radical (unpaired) electrons.